The second-order valence-electron chi connectivity index (χ2n) is 5.15. The Kier molecular flexibility index (Phi) is 5.32. The van der Waals surface area contributed by atoms with Gasteiger partial charge in [0.1, 0.15) is 4.83 Å². The molecule has 0 fully saturated rings. The van der Waals surface area contributed by atoms with Crippen LogP contribution >= 0.6 is 23.1 Å². The quantitative estimate of drug-likeness (QED) is 0.543. The third-order valence-corrected chi connectivity index (χ3v) is 5.13. The lowest BCUT2D eigenvalue weighted by Crippen LogP contribution is -2.27. The van der Waals surface area contributed by atoms with Gasteiger partial charge in [0.15, 0.2) is 5.16 Å². The van der Waals surface area contributed by atoms with Crippen LogP contribution in [0, 0.1) is 0 Å². The number of hydrogen-bond donors (Lipinski definition) is 1. The van der Waals surface area contributed by atoms with E-state index in [1.165, 1.54) is 23.1 Å². The Morgan fingerprint density at radius 1 is 1.29 bits per heavy atom. The molecule has 1 aromatic carbocycles. The zero-order valence-electron chi connectivity index (χ0n) is 13.2. The first-order valence-electron chi connectivity index (χ1n) is 7.66. The van der Waals surface area contributed by atoms with E-state index in [0.717, 1.165) is 12.1 Å². The maximum Gasteiger partial charge on any atom is 0.267 e. The maximum absolute atomic E-state index is 12.8. The van der Waals surface area contributed by atoms with Gasteiger partial charge in [-0.2, -0.15) is 0 Å². The minimum atomic E-state index is -0.107. The zero-order valence-corrected chi connectivity index (χ0v) is 14.8. The standard InChI is InChI=1S/C17H17N3O2S2/c1-2-9-18-14(21)11-24-17-19-15-13(8-10-23-15)16(22)20(17)12-6-4-3-5-7-12/h3-8,10H,2,9,11H2,1H3,(H,18,21). The molecule has 0 atom stereocenters. The molecule has 0 aliphatic rings. The summed E-state index contributed by atoms with van der Waals surface area (Å²) in [6, 6.07) is 11.2. The molecule has 5 nitrogen and oxygen atoms in total. The highest BCUT2D eigenvalue weighted by molar-refractivity contribution is 7.99. The molecule has 0 unspecified atom stereocenters. The van der Waals surface area contributed by atoms with Gasteiger partial charge >= 0.3 is 0 Å². The molecule has 1 amide bonds. The van der Waals surface area contributed by atoms with Crippen molar-refractivity contribution in [1.29, 1.82) is 0 Å². The number of rotatable bonds is 6. The number of benzene rings is 1. The van der Waals surface area contributed by atoms with E-state index in [-0.39, 0.29) is 17.2 Å². The van der Waals surface area contributed by atoms with Crippen molar-refractivity contribution < 1.29 is 4.79 Å². The van der Waals surface area contributed by atoms with E-state index in [2.05, 4.69) is 10.3 Å². The first-order chi connectivity index (χ1) is 11.7. The van der Waals surface area contributed by atoms with Gasteiger partial charge in [-0.3, -0.25) is 14.2 Å². The molecule has 24 heavy (non-hydrogen) atoms. The van der Waals surface area contributed by atoms with Crippen LogP contribution < -0.4 is 10.9 Å². The van der Waals surface area contributed by atoms with Crippen LogP contribution in [0.25, 0.3) is 15.9 Å². The van der Waals surface area contributed by atoms with E-state index in [0.29, 0.717) is 21.9 Å². The van der Waals surface area contributed by atoms with Crippen molar-refractivity contribution in [3.8, 4) is 5.69 Å². The summed E-state index contributed by atoms with van der Waals surface area (Å²) in [6.07, 6.45) is 0.893. The average molecular weight is 359 g/mol. The molecule has 2 heterocycles. The summed E-state index contributed by atoms with van der Waals surface area (Å²) in [5.41, 5.74) is 0.642. The van der Waals surface area contributed by atoms with Crippen LogP contribution in [0.5, 0.6) is 0 Å². The average Bonchev–Trinajstić information content (AvgIpc) is 3.08. The summed E-state index contributed by atoms with van der Waals surface area (Å²) in [5.74, 6) is 0.179. The molecule has 2 aromatic heterocycles. The van der Waals surface area contributed by atoms with Gasteiger partial charge in [0.25, 0.3) is 5.56 Å². The van der Waals surface area contributed by atoms with Crippen molar-refractivity contribution in [2.45, 2.75) is 18.5 Å². The predicted molar refractivity (Wildman–Crippen MR) is 99.2 cm³/mol. The highest BCUT2D eigenvalue weighted by atomic mass is 32.2. The van der Waals surface area contributed by atoms with Gasteiger partial charge in [-0.05, 0) is 30.0 Å². The second kappa shape index (κ2) is 7.63. The van der Waals surface area contributed by atoms with Gasteiger partial charge in [0, 0.05) is 6.54 Å². The number of para-hydroxylation sites is 1. The van der Waals surface area contributed by atoms with Crippen molar-refractivity contribution >= 4 is 39.2 Å². The van der Waals surface area contributed by atoms with Crippen LogP contribution in [0.4, 0.5) is 0 Å². The zero-order chi connectivity index (χ0) is 16.9. The fraction of sp³-hybridized carbons (Fsp3) is 0.235. The number of aromatic nitrogens is 2. The van der Waals surface area contributed by atoms with Gasteiger partial charge in [-0.25, -0.2) is 4.98 Å². The molecule has 0 saturated heterocycles. The second-order valence-corrected chi connectivity index (χ2v) is 6.99. The number of thiophene rings is 1. The van der Waals surface area contributed by atoms with Gasteiger partial charge in [0.2, 0.25) is 5.91 Å². The lowest BCUT2D eigenvalue weighted by atomic mass is 10.3. The molecule has 3 rings (SSSR count). The summed E-state index contributed by atoms with van der Waals surface area (Å²) < 4.78 is 1.58. The summed E-state index contributed by atoms with van der Waals surface area (Å²) in [6.45, 7) is 2.66. The van der Waals surface area contributed by atoms with E-state index >= 15 is 0 Å². The topological polar surface area (TPSA) is 64.0 Å². The van der Waals surface area contributed by atoms with E-state index in [4.69, 9.17) is 0 Å². The Morgan fingerprint density at radius 2 is 2.08 bits per heavy atom. The van der Waals surface area contributed by atoms with E-state index in [1.54, 1.807) is 10.6 Å². The Labute approximate surface area is 147 Å². The van der Waals surface area contributed by atoms with Crippen molar-refractivity contribution in [3.63, 3.8) is 0 Å². The van der Waals surface area contributed by atoms with Crippen LogP contribution in [0.2, 0.25) is 0 Å². The molecular formula is C17H17N3O2S2. The molecule has 0 bridgehead atoms. The number of hydrogen-bond acceptors (Lipinski definition) is 5. The summed E-state index contributed by atoms with van der Waals surface area (Å²) in [5, 5.41) is 5.83. The highest BCUT2D eigenvalue weighted by Crippen LogP contribution is 2.23. The van der Waals surface area contributed by atoms with Crippen LogP contribution in [0.1, 0.15) is 13.3 Å². The van der Waals surface area contributed by atoms with Crippen LogP contribution in [0.3, 0.4) is 0 Å². The third-order valence-electron chi connectivity index (χ3n) is 3.39. The summed E-state index contributed by atoms with van der Waals surface area (Å²) >= 11 is 2.71. The van der Waals surface area contributed by atoms with Crippen LogP contribution in [-0.4, -0.2) is 27.8 Å². The molecule has 0 aliphatic carbocycles. The smallest absolute Gasteiger partial charge is 0.267 e. The maximum atomic E-state index is 12.8. The monoisotopic (exact) mass is 359 g/mol. The molecule has 0 aliphatic heterocycles. The molecule has 0 saturated carbocycles. The number of fused-ring (bicyclic) bond motifs is 1. The van der Waals surface area contributed by atoms with Crippen molar-refractivity contribution in [2.75, 3.05) is 12.3 Å². The fourth-order valence-electron chi connectivity index (χ4n) is 2.24. The lowest BCUT2D eigenvalue weighted by molar-refractivity contribution is -0.118. The molecular weight excluding hydrogens is 342 g/mol. The minimum absolute atomic E-state index is 0.0537. The van der Waals surface area contributed by atoms with E-state index in [1.807, 2.05) is 42.6 Å². The predicted octanol–water partition coefficient (Wildman–Crippen LogP) is 3.07. The van der Waals surface area contributed by atoms with Crippen molar-refractivity contribution in [3.05, 3.63) is 52.1 Å². The third kappa shape index (κ3) is 3.52. The number of carbonyl (C=O) groups is 1. The van der Waals surface area contributed by atoms with Gasteiger partial charge in [-0.15, -0.1) is 11.3 Å². The van der Waals surface area contributed by atoms with Gasteiger partial charge in [-0.1, -0.05) is 36.9 Å². The molecule has 3 aromatic rings. The fourth-order valence-corrected chi connectivity index (χ4v) is 3.89. The number of amides is 1. The lowest BCUT2D eigenvalue weighted by Gasteiger charge is -2.11. The molecule has 0 radical (unpaired) electrons. The summed E-state index contributed by atoms with van der Waals surface area (Å²) in [4.78, 5) is 30.0. The van der Waals surface area contributed by atoms with Crippen LogP contribution in [0.15, 0.2) is 51.7 Å². The Hall–Kier alpha value is -2.12. The Bertz CT molecular complexity index is 903. The molecule has 124 valence electrons. The number of nitrogens with zero attached hydrogens (tertiary/aromatic N) is 2. The Balaban J connectivity index is 1.99. The first kappa shape index (κ1) is 16.7. The minimum Gasteiger partial charge on any atom is -0.355 e. The van der Waals surface area contributed by atoms with Gasteiger partial charge in [0.05, 0.1) is 16.8 Å². The van der Waals surface area contributed by atoms with E-state index < -0.39 is 0 Å². The molecule has 1 N–H and O–H groups in total. The normalized spacial score (nSPS) is 10.9. The number of thioether (sulfide) groups is 1. The molecule has 7 heteroatoms. The van der Waals surface area contributed by atoms with Crippen molar-refractivity contribution in [1.82, 2.24) is 14.9 Å². The largest absolute Gasteiger partial charge is 0.355 e. The van der Waals surface area contributed by atoms with E-state index in [9.17, 15) is 9.59 Å². The Morgan fingerprint density at radius 3 is 2.83 bits per heavy atom. The highest BCUT2D eigenvalue weighted by Gasteiger charge is 2.15. The first-order valence-corrected chi connectivity index (χ1v) is 9.52. The van der Waals surface area contributed by atoms with Crippen molar-refractivity contribution in [2.24, 2.45) is 0 Å². The van der Waals surface area contributed by atoms with Gasteiger partial charge < -0.3 is 5.32 Å². The SMILES string of the molecule is CCCNC(=O)CSc1nc2sccc2c(=O)n1-c1ccccc1. The molecule has 0 spiro atoms. The summed E-state index contributed by atoms with van der Waals surface area (Å²) in [7, 11) is 0. The van der Waals surface area contributed by atoms with Crippen LogP contribution in [-0.2, 0) is 4.79 Å². The number of nitrogens with one attached hydrogen (secondary N) is 1. The number of carbonyl (C=O) groups excluding carboxylic acids is 1.